The number of hydrogen-bond donors (Lipinski definition) is 0. The number of allylic oxidation sites excluding steroid dienone is 6. The van der Waals surface area contributed by atoms with Crippen molar-refractivity contribution in [2.24, 2.45) is 35.5 Å². The minimum Gasteiger partial charge on any atom is -0.0839 e. The van der Waals surface area contributed by atoms with Gasteiger partial charge in [0, 0.05) is 0 Å². The summed E-state index contributed by atoms with van der Waals surface area (Å²) >= 11 is 0. The van der Waals surface area contributed by atoms with Crippen LogP contribution >= 0.6 is 0 Å². The van der Waals surface area contributed by atoms with E-state index in [2.05, 4.69) is 36.5 Å². The molecule has 0 bridgehead atoms. The molecule has 1 saturated carbocycles. The maximum absolute atomic E-state index is 2.46. The summed E-state index contributed by atoms with van der Waals surface area (Å²) in [6, 6.07) is 0. The molecule has 0 spiro atoms. The van der Waals surface area contributed by atoms with Crippen LogP contribution < -0.4 is 0 Å². The van der Waals surface area contributed by atoms with Crippen molar-refractivity contribution < 1.29 is 0 Å². The quantitative estimate of drug-likeness (QED) is 0.472. The molecule has 4 rings (SSSR count). The Morgan fingerprint density at radius 3 is 1.42 bits per heavy atom. The van der Waals surface area contributed by atoms with Crippen LogP contribution in [0, 0.1) is 35.5 Å². The van der Waals surface area contributed by atoms with Gasteiger partial charge in [-0.2, -0.15) is 0 Å². The fourth-order valence-corrected chi connectivity index (χ4v) is 3.83. The first kappa shape index (κ1) is 5.80. The molecule has 0 aromatic carbocycles. The van der Waals surface area contributed by atoms with E-state index < -0.39 is 0 Å². The smallest absolute Gasteiger partial charge is 0.00158 e. The molecular weight excluding hydrogens is 144 g/mol. The topological polar surface area (TPSA) is 0 Å². The zero-order valence-corrected chi connectivity index (χ0v) is 6.93. The SMILES string of the molecule is C1=CC2C=CC3C4C=CC1C4C23. The summed E-state index contributed by atoms with van der Waals surface area (Å²) in [4.78, 5) is 0. The number of rotatable bonds is 0. The highest BCUT2D eigenvalue weighted by atomic mass is 14.6. The average molecular weight is 156 g/mol. The Morgan fingerprint density at radius 1 is 0.500 bits per heavy atom. The van der Waals surface area contributed by atoms with Gasteiger partial charge in [0.2, 0.25) is 0 Å². The molecule has 0 amide bonds. The van der Waals surface area contributed by atoms with E-state index in [1.165, 1.54) is 0 Å². The molecule has 12 heavy (non-hydrogen) atoms. The van der Waals surface area contributed by atoms with Crippen molar-refractivity contribution in [3.63, 3.8) is 0 Å². The minimum atomic E-state index is 0.799. The van der Waals surface area contributed by atoms with E-state index in [1.54, 1.807) is 0 Å². The monoisotopic (exact) mass is 156 g/mol. The normalized spacial score (nSPS) is 62.0. The fourth-order valence-electron chi connectivity index (χ4n) is 3.83. The predicted molar refractivity (Wildman–Crippen MR) is 48.4 cm³/mol. The van der Waals surface area contributed by atoms with Crippen LogP contribution in [0.5, 0.6) is 0 Å². The summed E-state index contributed by atoms with van der Waals surface area (Å²) in [6.07, 6.45) is 14.6. The molecule has 1 fully saturated rings. The molecule has 0 heteroatoms. The maximum Gasteiger partial charge on any atom is -0.00158 e. The summed E-state index contributed by atoms with van der Waals surface area (Å²) in [5, 5.41) is 0. The lowest BCUT2D eigenvalue weighted by Crippen LogP contribution is -2.47. The first-order chi connectivity index (χ1) is 5.95. The Bertz CT molecular complexity index is 289. The summed E-state index contributed by atoms with van der Waals surface area (Å²) in [6.45, 7) is 0. The van der Waals surface area contributed by atoms with E-state index in [9.17, 15) is 0 Å². The van der Waals surface area contributed by atoms with Gasteiger partial charge in [0.25, 0.3) is 0 Å². The lowest BCUT2D eigenvalue weighted by atomic mass is 9.53. The summed E-state index contributed by atoms with van der Waals surface area (Å²) in [7, 11) is 0. The van der Waals surface area contributed by atoms with Crippen LogP contribution in [0.2, 0.25) is 0 Å². The van der Waals surface area contributed by atoms with Gasteiger partial charge in [-0.1, -0.05) is 36.5 Å². The van der Waals surface area contributed by atoms with Gasteiger partial charge in [0.1, 0.15) is 0 Å². The minimum absolute atomic E-state index is 0.799. The van der Waals surface area contributed by atoms with Crippen molar-refractivity contribution >= 4 is 0 Å². The zero-order chi connectivity index (χ0) is 7.71. The number of hydrogen-bond acceptors (Lipinski definition) is 0. The van der Waals surface area contributed by atoms with E-state index in [0.717, 1.165) is 35.5 Å². The molecule has 60 valence electrons. The molecular formula is C12H12. The van der Waals surface area contributed by atoms with Gasteiger partial charge in [-0.15, -0.1) is 0 Å². The molecule has 0 unspecified atom stereocenters. The summed E-state index contributed by atoms with van der Waals surface area (Å²) < 4.78 is 0. The maximum atomic E-state index is 2.46. The molecule has 0 heterocycles. The van der Waals surface area contributed by atoms with Gasteiger partial charge >= 0.3 is 0 Å². The zero-order valence-electron chi connectivity index (χ0n) is 6.93. The largest absolute Gasteiger partial charge is 0.0839 e. The van der Waals surface area contributed by atoms with E-state index in [4.69, 9.17) is 0 Å². The van der Waals surface area contributed by atoms with E-state index in [1.807, 2.05) is 0 Å². The third kappa shape index (κ3) is 0.426. The first-order valence-corrected chi connectivity index (χ1v) is 5.00. The standard InChI is InChI=1S/C12H12/c1-2-8-4-6-10-9-5-3-7(1)11(9)12(8)10/h1-12H. The third-order valence-corrected chi connectivity index (χ3v) is 4.33. The lowest BCUT2D eigenvalue weighted by molar-refractivity contribution is 0.0239. The van der Waals surface area contributed by atoms with E-state index >= 15 is 0 Å². The first-order valence-electron chi connectivity index (χ1n) is 5.00. The second kappa shape index (κ2) is 1.61. The predicted octanol–water partition coefficient (Wildman–Crippen LogP) is 2.41. The molecule has 0 aromatic rings. The lowest BCUT2D eigenvalue weighted by Gasteiger charge is -2.50. The molecule has 4 aliphatic carbocycles. The van der Waals surface area contributed by atoms with Crippen LogP contribution in [-0.4, -0.2) is 0 Å². The van der Waals surface area contributed by atoms with Crippen LogP contribution in [0.15, 0.2) is 36.5 Å². The average Bonchev–Trinajstić information content (AvgIpc) is 2.58. The molecule has 0 N–H and O–H groups in total. The molecule has 0 nitrogen and oxygen atoms in total. The van der Waals surface area contributed by atoms with Gasteiger partial charge in [0.15, 0.2) is 0 Å². The Labute approximate surface area is 72.7 Å². The molecule has 0 aromatic heterocycles. The van der Waals surface area contributed by atoms with Crippen molar-refractivity contribution in [3.05, 3.63) is 36.5 Å². The van der Waals surface area contributed by atoms with Crippen molar-refractivity contribution in [2.45, 2.75) is 0 Å². The van der Waals surface area contributed by atoms with E-state index in [-0.39, 0.29) is 0 Å². The van der Waals surface area contributed by atoms with Crippen LogP contribution in [0.4, 0.5) is 0 Å². The van der Waals surface area contributed by atoms with Crippen molar-refractivity contribution in [1.29, 1.82) is 0 Å². The van der Waals surface area contributed by atoms with Gasteiger partial charge in [-0.05, 0) is 35.5 Å². The molecule has 0 radical (unpaired) electrons. The molecule has 0 saturated heterocycles. The van der Waals surface area contributed by atoms with Crippen molar-refractivity contribution in [2.75, 3.05) is 0 Å². The molecule has 0 atom stereocenters. The fraction of sp³-hybridized carbons (Fsp3) is 0.500. The van der Waals surface area contributed by atoms with Crippen LogP contribution in [-0.2, 0) is 0 Å². The van der Waals surface area contributed by atoms with Gasteiger partial charge in [0.05, 0.1) is 0 Å². The highest BCUT2D eigenvalue weighted by molar-refractivity contribution is 5.34. The highest BCUT2D eigenvalue weighted by Crippen LogP contribution is 2.63. The van der Waals surface area contributed by atoms with Crippen LogP contribution in [0.25, 0.3) is 0 Å². The second-order valence-corrected chi connectivity index (χ2v) is 4.62. The van der Waals surface area contributed by atoms with Crippen LogP contribution in [0.1, 0.15) is 0 Å². The number of fused-ring (bicyclic) bond motifs is 1. The third-order valence-electron chi connectivity index (χ3n) is 4.33. The van der Waals surface area contributed by atoms with Crippen molar-refractivity contribution in [3.8, 4) is 0 Å². The van der Waals surface area contributed by atoms with Gasteiger partial charge < -0.3 is 0 Å². The highest BCUT2D eigenvalue weighted by Gasteiger charge is 2.57. The van der Waals surface area contributed by atoms with E-state index in [0.29, 0.717) is 0 Å². The second-order valence-electron chi connectivity index (χ2n) is 4.62. The Balaban J connectivity index is 1.92. The van der Waals surface area contributed by atoms with Gasteiger partial charge in [-0.3, -0.25) is 0 Å². The van der Waals surface area contributed by atoms with Crippen molar-refractivity contribution in [1.82, 2.24) is 0 Å². The Kier molecular flexibility index (Phi) is 0.778. The van der Waals surface area contributed by atoms with Crippen LogP contribution in [0.3, 0.4) is 0 Å². The summed E-state index contributed by atoms with van der Waals surface area (Å²) in [5.74, 6) is 5.39. The molecule has 0 aliphatic heterocycles. The Morgan fingerprint density at radius 2 is 0.917 bits per heavy atom. The summed E-state index contributed by atoms with van der Waals surface area (Å²) in [5.41, 5.74) is 0. The van der Waals surface area contributed by atoms with Gasteiger partial charge in [-0.25, -0.2) is 0 Å². The Hall–Kier alpha value is -0.780. The molecule has 4 aliphatic rings.